The normalized spacial score (nSPS) is 1.20. The third-order valence-corrected chi connectivity index (χ3v) is 0. The first-order valence-corrected chi connectivity index (χ1v) is 0.500. The van der Waals surface area contributed by atoms with Crippen molar-refractivity contribution in [2.75, 3.05) is 7.05 Å². The third-order valence-electron chi connectivity index (χ3n) is 0. The van der Waals surface area contributed by atoms with Crippen molar-refractivity contribution in [2.24, 2.45) is 0 Å². The van der Waals surface area contributed by atoms with Crippen molar-refractivity contribution < 1.29 is 63.2 Å². The van der Waals surface area contributed by atoms with Crippen molar-refractivity contribution >= 4 is 0 Å². The summed E-state index contributed by atoms with van der Waals surface area (Å²) in [6, 6.07) is 0. The Morgan fingerprint density at radius 1 is 0.800 bits per heavy atom. The summed E-state index contributed by atoms with van der Waals surface area (Å²) in [5.41, 5.74) is 5.75. The molecule has 0 unspecified atom stereocenters. The topological polar surface area (TPSA) is 23.8 Å². The molecule has 0 aromatic rings. The molecule has 0 saturated carbocycles. The van der Waals surface area contributed by atoms with Crippen LogP contribution in [0, 0.1) is 0 Å². The van der Waals surface area contributed by atoms with Gasteiger partial charge in [0.15, 0.2) is 0 Å². The Hall–Kier alpha value is 2.02. The summed E-state index contributed by atoms with van der Waals surface area (Å²) in [5.74, 6) is 0. The van der Waals surface area contributed by atoms with Crippen LogP contribution in [0.4, 0.5) is 0 Å². The second kappa shape index (κ2) is 37.1. The smallest absolute Gasteiger partial charge is 0 e. The second-order valence-electron chi connectivity index (χ2n) is 0. The molecule has 0 saturated heterocycles. The molecular formula is CH4NW3-. The minimum absolute atomic E-state index is 0. The van der Waals surface area contributed by atoms with Crippen LogP contribution in [0.25, 0.3) is 5.73 Å². The zero-order valence-electron chi connectivity index (χ0n) is 2.72. The molecule has 0 heterocycles. The fourth-order valence-corrected chi connectivity index (χ4v) is 0. The summed E-state index contributed by atoms with van der Waals surface area (Å²) in [5, 5.41) is 0. The molecule has 32 valence electrons. The van der Waals surface area contributed by atoms with E-state index in [1.807, 2.05) is 0 Å². The van der Waals surface area contributed by atoms with Crippen molar-refractivity contribution in [1.82, 2.24) is 0 Å². The predicted octanol–water partition coefficient (Wildman–Crippen LogP) is 0.661. The van der Waals surface area contributed by atoms with Crippen LogP contribution >= 0.6 is 0 Å². The van der Waals surface area contributed by atoms with E-state index in [1.54, 1.807) is 0 Å². The Morgan fingerprint density at radius 3 is 0.800 bits per heavy atom. The van der Waals surface area contributed by atoms with Gasteiger partial charge in [-0.25, -0.2) is 0 Å². The van der Waals surface area contributed by atoms with Gasteiger partial charge < -0.3 is 5.73 Å². The summed E-state index contributed by atoms with van der Waals surface area (Å²) in [4.78, 5) is 0. The first-order chi connectivity index (χ1) is 1.00. The molecule has 0 rings (SSSR count). The molecule has 1 nitrogen and oxygen atoms in total. The fourth-order valence-electron chi connectivity index (χ4n) is 0. The van der Waals surface area contributed by atoms with Gasteiger partial charge in [0, 0.05) is 63.2 Å². The van der Waals surface area contributed by atoms with Gasteiger partial charge in [-0.15, -0.1) is 0 Å². The maximum absolute atomic E-state index is 5.75. The van der Waals surface area contributed by atoms with Gasteiger partial charge in [0.1, 0.15) is 0 Å². The van der Waals surface area contributed by atoms with Crippen LogP contribution < -0.4 is 0 Å². The molecule has 0 bridgehead atoms. The molecule has 0 aromatic heterocycles. The van der Waals surface area contributed by atoms with Crippen LogP contribution in [-0.2, 0) is 63.2 Å². The Bertz CT molecular complexity index is 6.85. The van der Waals surface area contributed by atoms with Crippen molar-refractivity contribution in [3.8, 4) is 0 Å². The first kappa shape index (κ1) is 27.9. The largest absolute Gasteiger partial charge is 0.680 e. The Labute approximate surface area is 75.2 Å². The molecule has 0 amide bonds. The van der Waals surface area contributed by atoms with E-state index in [2.05, 4.69) is 0 Å². The summed E-state index contributed by atoms with van der Waals surface area (Å²) < 4.78 is 0. The van der Waals surface area contributed by atoms with Crippen LogP contribution in [0.15, 0.2) is 0 Å². The number of hydrogen-bond donors (Lipinski definition) is 0. The summed E-state index contributed by atoms with van der Waals surface area (Å²) in [6.07, 6.45) is 0. The van der Waals surface area contributed by atoms with Crippen molar-refractivity contribution in [2.45, 2.75) is 0 Å². The summed E-state index contributed by atoms with van der Waals surface area (Å²) >= 11 is 0. The molecular weight excluding hydrogens is 578 g/mol. The Kier molecular flexibility index (Phi) is 207. The van der Waals surface area contributed by atoms with E-state index in [4.69, 9.17) is 5.73 Å². The number of nitrogens with one attached hydrogen (secondary N) is 1. The van der Waals surface area contributed by atoms with E-state index >= 15 is 0 Å². The maximum atomic E-state index is 5.75. The van der Waals surface area contributed by atoms with Crippen LogP contribution in [0.3, 0.4) is 0 Å². The molecule has 0 aliphatic heterocycles. The average Bonchev–Trinajstić information content (AvgIpc) is 1.00. The van der Waals surface area contributed by atoms with E-state index < -0.39 is 0 Å². The van der Waals surface area contributed by atoms with Gasteiger partial charge >= 0.3 is 0 Å². The quantitative estimate of drug-likeness (QED) is 0.402. The standard InChI is InChI=1S/CH4N.3W/c1-2;;;/h2H,1H3;;;/q-1;;;. The molecule has 4 heteroatoms. The van der Waals surface area contributed by atoms with E-state index in [9.17, 15) is 0 Å². The first-order valence-electron chi connectivity index (χ1n) is 0.500. The van der Waals surface area contributed by atoms with Gasteiger partial charge in [0.25, 0.3) is 0 Å². The number of hydrogen-bond acceptors (Lipinski definition) is 0. The molecule has 0 atom stereocenters. The Morgan fingerprint density at radius 2 is 0.800 bits per heavy atom. The monoisotopic (exact) mass is 582 g/mol. The van der Waals surface area contributed by atoms with Gasteiger partial charge in [0.2, 0.25) is 0 Å². The van der Waals surface area contributed by atoms with E-state index in [-0.39, 0.29) is 63.2 Å². The van der Waals surface area contributed by atoms with Crippen LogP contribution in [0.1, 0.15) is 0 Å². The van der Waals surface area contributed by atoms with Gasteiger partial charge in [-0.2, -0.15) is 7.05 Å². The van der Waals surface area contributed by atoms with E-state index in [0.29, 0.717) is 0 Å². The Balaban J connectivity index is -0.00000000167. The molecule has 0 spiro atoms. The zero-order valence-corrected chi connectivity index (χ0v) is 11.5. The minimum atomic E-state index is 0. The zero-order chi connectivity index (χ0) is 2.00. The van der Waals surface area contributed by atoms with E-state index in [0.717, 1.165) is 0 Å². The van der Waals surface area contributed by atoms with Gasteiger partial charge in [0.05, 0.1) is 0 Å². The predicted molar refractivity (Wildman–Crippen MR) is 10.2 cm³/mol. The molecule has 0 aromatic carbocycles. The fraction of sp³-hybridized carbons (Fsp3) is 1.00. The van der Waals surface area contributed by atoms with Crippen molar-refractivity contribution in [3.63, 3.8) is 0 Å². The van der Waals surface area contributed by atoms with Gasteiger partial charge in [-0.05, 0) is 0 Å². The molecule has 0 radical (unpaired) electrons. The van der Waals surface area contributed by atoms with E-state index in [1.165, 1.54) is 7.05 Å². The van der Waals surface area contributed by atoms with Crippen LogP contribution in [0.2, 0.25) is 0 Å². The maximum Gasteiger partial charge on any atom is 0 e. The second-order valence-corrected chi connectivity index (χ2v) is 0. The third kappa shape index (κ3) is 23.8. The van der Waals surface area contributed by atoms with Crippen molar-refractivity contribution in [1.29, 1.82) is 0 Å². The molecule has 1 N–H and O–H groups in total. The van der Waals surface area contributed by atoms with Gasteiger partial charge in [-0.3, -0.25) is 0 Å². The SMILES string of the molecule is C[NH-].[W].[W].[W]. The molecule has 5 heavy (non-hydrogen) atoms. The summed E-state index contributed by atoms with van der Waals surface area (Å²) in [6.45, 7) is 0. The molecule has 0 aliphatic rings. The van der Waals surface area contributed by atoms with Gasteiger partial charge in [-0.1, -0.05) is 0 Å². The molecule has 0 fully saturated rings. The minimum Gasteiger partial charge on any atom is -0.680 e. The molecule has 0 aliphatic carbocycles. The van der Waals surface area contributed by atoms with Crippen LogP contribution in [-0.4, -0.2) is 7.05 Å². The summed E-state index contributed by atoms with van der Waals surface area (Å²) in [7, 11) is 1.25. The van der Waals surface area contributed by atoms with Crippen molar-refractivity contribution in [3.05, 3.63) is 5.73 Å². The average molecular weight is 582 g/mol. The number of rotatable bonds is 0. The van der Waals surface area contributed by atoms with Crippen LogP contribution in [0.5, 0.6) is 0 Å².